The Morgan fingerprint density at radius 3 is 2.31 bits per heavy atom. The molecule has 0 aromatic rings. The molecule has 0 aromatic heterocycles. The molecule has 4 nitrogen and oxygen atoms in total. The van der Waals surface area contributed by atoms with E-state index >= 15 is 0 Å². The average molecular weight is 250 g/mol. The summed E-state index contributed by atoms with van der Waals surface area (Å²) in [4.78, 5) is 22.6. The summed E-state index contributed by atoms with van der Waals surface area (Å²) in [5.74, 6) is -0.306. The second kappa shape index (κ2) is 6.74. The van der Waals surface area contributed by atoms with Gasteiger partial charge in [0.1, 0.15) is 5.60 Å². The van der Waals surface area contributed by atoms with Gasteiger partial charge >= 0.3 is 6.09 Å². The van der Waals surface area contributed by atoms with Gasteiger partial charge in [0.15, 0.2) is 5.78 Å². The van der Waals surface area contributed by atoms with Crippen molar-refractivity contribution in [3.8, 4) is 0 Å². The van der Waals surface area contributed by atoms with E-state index in [9.17, 15) is 9.59 Å². The molecule has 1 N–H and O–H groups in total. The summed E-state index contributed by atoms with van der Waals surface area (Å²) >= 11 is 5.45. The molecule has 0 aliphatic carbocycles. The monoisotopic (exact) mass is 249 g/mol. The topological polar surface area (TPSA) is 55.4 Å². The van der Waals surface area contributed by atoms with Crippen LogP contribution in [0.5, 0.6) is 0 Å². The molecule has 94 valence electrons. The van der Waals surface area contributed by atoms with Gasteiger partial charge in [-0.05, 0) is 27.2 Å². The van der Waals surface area contributed by atoms with Crippen LogP contribution >= 0.6 is 11.6 Å². The molecule has 0 spiro atoms. The molecule has 0 aliphatic rings. The van der Waals surface area contributed by atoms with Crippen molar-refractivity contribution in [1.82, 2.24) is 5.32 Å². The fourth-order valence-electron chi connectivity index (χ4n) is 1.12. The predicted molar refractivity (Wildman–Crippen MR) is 63.7 cm³/mol. The molecule has 0 radical (unpaired) electrons. The Hall–Kier alpha value is -0.770. The molecule has 0 aliphatic heterocycles. The SMILES string of the molecule is CCC(CNC(=O)OC(C)(C)C)C(=O)CCl. The average Bonchev–Trinajstić information content (AvgIpc) is 2.15. The fourth-order valence-corrected chi connectivity index (χ4v) is 1.33. The number of rotatable bonds is 5. The van der Waals surface area contributed by atoms with E-state index in [1.54, 1.807) is 20.8 Å². The van der Waals surface area contributed by atoms with Gasteiger partial charge in [0.25, 0.3) is 0 Å². The Balaban J connectivity index is 4.03. The van der Waals surface area contributed by atoms with Gasteiger partial charge in [0.2, 0.25) is 0 Å². The van der Waals surface area contributed by atoms with E-state index in [2.05, 4.69) is 5.32 Å². The Bertz CT molecular complexity index is 248. The molecule has 0 saturated carbocycles. The smallest absolute Gasteiger partial charge is 0.407 e. The lowest BCUT2D eigenvalue weighted by atomic mass is 10.0. The number of nitrogens with one attached hydrogen (secondary N) is 1. The van der Waals surface area contributed by atoms with Crippen molar-refractivity contribution < 1.29 is 14.3 Å². The number of carbonyl (C=O) groups is 2. The number of carbonyl (C=O) groups excluding carboxylic acids is 2. The van der Waals surface area contributed by atoms with Crippen molar-refractivity contribution in [2.24, 2.45) is 5.92 Å². The van der Waals surface area contributed by atoms with Crippen molar-refractivity contribution in [3.05, 3.63) is 0 Å². The highest BCUT2D eigenvalue weighted by Crippen LogP contribution is 2.08. The Kier molecular flexibility index (Phi) is 6.41. The van der Waals surface area contributed by atoms with Gasteiger partial charge in [-0.25, -0.2) is 4.79 Å². The largest absolute Gasteiger partial charge is 0.444 e. The molecule has 0 fully saturated rings. The van der Waals surface area contributed by atoms with Crippen LogP contribution in [0.15, 0.2) is 0 Å². The predicted octanol–water partition coefficient (Wildman–Crippen LogP) is 2.35. The van der Waals surface area contributed by atoms with Crippen LogP contribution in [-0.4, -0.2) is 29.9 Å². The van der Waals surface area contributed by atoms with E-state index in [-0.39, 0.29) is 24.1 Å². The van der Waals surface area contributed by atoms with Crippen molar-refractivity contribution in [2.45, 2.75) is 39.7 Å². The standard InChI is InChI=1S/C11H20ClNO3/c1-5-8(9(14)6-12)7-13-10(15)16-11(2,3)4/h8H,5-7H2,1-4H3,(H,13,15). The second-order valence-electron chi connectivity index (χ2n) is 4.59. The maximum Gasteiger partial charge on any atom is 0.407 e. The number of alkyl carbamates (subject to hydrolysis) is 1. The maximum absolute atomic E-state index is 11.3. The molecule has 0 saturated heterocycles. The number of hydrogen-bond acceptors (Lipinski definition) is 3. The number of ketones is 1. The number of alkyl halides is 1. The molecular weight excluding hydrogens is 230 g/mol. The summed E-state index contributed by atoms with van der Waals surface area (Å²) in [7, 11) is 0. The minimum atomic E-state index is -0.526. The first kappa shape index (κ1) is 15.2. The van der Waals surface area contributed by atoms with Gasteiger partial charge < -0.3 is 10.1 Å². The van der Waals surface area contributed by atoms with Crippen LogP contribution in [0.3, 0.4) is 0 Å². The third kappa shape index (κ3) is 6.67. The van der Waals surface area contributed by atoms with E-state index in [1.807, 2.05) is 6.92 Å². The first-order valence-electron chi connectivity index (χ1n) is 5.35. The van der Waals surface area contributed by atoms with E-state index in [4.69, 9.17) is 16.3 Å². The highest BCUT2D eigenvalue weighted by molar-refractivity contribution is 6.27. The van der Waals surface area contributed by atoms with Crippen LogP contribution in [0, 0.1) is 5.92 Å². The number of ether oxygens (including phenoxy) is 1. The minimum absolute atomic E-state index is 0.0193. The van der Waals surface area contributed by atoms with E-state index in [1.165, 1.54) is 0 Å². The van der Waals surface area contributed by atoms with Gasteiger partial charge in [-0.1, -0.05) is 6.92 Å². The molecular formula is C11H20ClNO3. The molecule has 1 atom stereocenters. The lowest BCUT2D eigenvalue weighted by Crippen LogP contribution is -2.37. The highest BCUT2D eigenvalue weighted by atomic mass is 35.5. The summed E-state index contributed by atoms with van der Waals surface area (Å²) in [6, 6.07) is 0. The van der Waals surface area contributed by atoms with Crippen LogP contribution in [0.2, 0.25) is 0 Å². The zero-order valence-electron chi connectivity index (χ0n) is 10.3. The van der Waals surface area contributed by atoms with Gasteiger partial charge in [-0.2, -0.15) is 0 Å². The first-order valence-corrected chi connectivity index (χ1v) is 5.89. The van der Waals surface area contributed by atoms with Crippen molar-refractivity contribution in [1.29, 1.82) is 0 Å². The second-order valence-corrected chi connectivity index (χ2v) is 4.86. The highest BCUT2D eigenvalue weighted by Gasteiger charge is 2.19. The van der Waals surface area contributed by atoms with Crippen LogP contribution in [-0.2, 0) is 9.53 Å². The van der Waals surface area contributed by atoms with Gasteiger partial charge in [-0.15, -0.1) is 11.6 Å². The lowest BCUT2D eigenvalue weighted by molar-refractivity contribution is -0.120. The molecule has 1 unspecified atom stereocenters. The summed E-state index contributed by atoms with van der Waals surface area (Å²) in [6.45, 7) is 7.51. The van der Waals surface area contributed by atoms with Crippen LogP contribution in [0.4, 0.5) is 4.79 Å². The molecule has 0 bridgehead atoms. The quantitative estimate of drug-likeness (QED) is 0.761. The molecule has 0 aromatic carbocycles. The Morgan fingerprint density at radius 1 is 1.38 bits per heavy atom. The van der Waals surface area contributed by atoms with Crippen LogP contribution < -0.4 is 5.32 Å². The lowest BCUT2D eigenvalue weighted by Gasteiger charge is -2.21. The molecule has 16 heavy (non-hydrogen) atoms. The normalized spacial score (nSPS) is 13.1. The fraction of sp³-hybridized carbons (Fsp3) is 0.818. The van der Waals surface area contributed by atoms with E-state index < -0.39 is 11.7 Å². The van der Waals surface area contributed by atoms with Crippen LogP contribution in [0.1, 0.15) is 34.1 Å². The van der Waals surface area contributed by atoms with E-state index in [0.29, 0.717) is 6.42 Å². The third-order valence-corrected chi connectivity index (χ3v) is 2.23. The van der Waals surface area contributed by atoms with Crippen LogP contribution in [0.25, 0.3) is 0 Å². The van der Waals surface area contributed by atoms with Crippen molar-refractivity contribution in [2.75, 3.05) is 12.4 Å². The van der Waals surface area contributed by atoms with Crippen molar-refractivity contribution in [3.63, 3.8) is 0 Å². The van der Waals surface area contributed by atoms with Gasteiger partial charge in [-0.3, -0.25) is 4.79 Å². The summed E-state index contributed by atoms with van der Waals surface area (Å²) in [5, 5.41) is 2.56. The van der Waals surface area contributed by atoms with E-state index in [0.717, 1.165) is 0 Å². The third-order valence-electron chi connectivity index (χ3n) is 1.97. The first-order chi connectivity index (χ1) is 7.30. The maximum atomic E-state index is 11.3. The zero-order valence-corrected chi connectivity index (χ0v) is 11.1. The molecule has 0 rings (SSSR count). The Morgan fingerprint density at radius 2 is 1.94 bits per heavy atom. The van der Waals surface area contributed by atoms with Gasteiger partial charge in [0.05, 0.1) is 5.88 Å². The number of hydrogen-bond donors (Lipinski definition) is 1. The molecule has 0 heterocycles. The minimum Gasteiger partial charge on any atom is -0.444 e. The summed E-state index contributed by atoms with van der Waals surface area (Å²) in [6.07, 6.45) is 0.148. The summed E-state index contributed by atoms with van der Waals surface area (Å²) in [5.41, 5.74) is -0.526. The molecule has 1 amide bonds. The van der Waals surface area contributed by atoms with Gasteiger partial charge in [0, 0.05) is 12.5 Å². The van der Waals surface area contributed by atoms with Crippen molar-refractivity contribution >= 4 is 23.5 Å². The zero-order chi connectivity index (χ0) is 12.8. The Labute approximate surface area is 102 Å². The molecule has 5 heteroatoms. The number of Topliss-reactive ketones (excluding diaryl/α,β-unsaturated/α-hetero) is 1. The summed E-state index contributed by atoms with van der Waals surface area (Å²) < 4.78 is 5.05. The number of amides is 1. The number of halogens is 1.